The van der Waals surface area contributed by atoms with Crippen molar-refractivity contribution in [2.24, 2.45) is 0 Å². The molecule has 0 saturated heterocycles. The highest BCUT2D eigenvalue weighted by Crippen LogP contribution is 2.23. The van der Waals surface area contributed by atoms with Gasteiger partial charge in [-0.05, 0) is 38.2 Å². The summed E-state index contributed by atoms with van der Waals surface area (Å²) in [7, 11) is 3.81. The number of thiazole rings is 1. The van der Waals surface area contributed by atoms with E-state index < -0.39 is 0 Å². The molecule has 134 valence electrons. The standard InChI is InChI=1S/C19H21N5OS/c1-13-7-4-5-8-15(13)16(24(2)3)18(25)22-11-14-12-26-19(23-14)17-20-9-6-10-21-17/h4-10,12,16H,11H2,1-3H3,(H,22,25). The summed E-state index contributed by atoms with van der Waals surface area (Å²) in [5.41, 5.74) is 2.90. The van der Waals surface area contributed by atoms with E-state index in [-0.39, 0.29) is 11.9 Å². The van der Waals surface area contributed by atoms with Gasteiger partial charge in [0.25, 0.3) is 0 Å². The lowest BCUT2D eigenvalue weighted by Crippen LogP contribution is -2.37. The molecule has 0 aliphatic rings. The van der Waals surface area contributed by atoms with E-state index in [1.807, 2.05) is 55.6 Å². The monoisotopic (exact) mass is 367 g/mol. The fourth-order valence-corrected chi connectivity index (χ4v) is 3.49. The predicted octanol–water partition coefficient (Wildman–Crippen LogP) is 2.83. The molecule has 3 aromatic rings. The van der Waals surface area contributed by atoms with Gasteiger partial charge in [0.1, 0.15) is 6.04 Å². The molecule has 0 radical (unpaired) electrons. The number of hydrogen-bond acceptors (Lipinski definition) is 6. The highest BCUT2D eigenvalue weighted by Gasteiger charge is 2.24. The maximum absolute atomic E-state index is 12.8. The zero-order valence-electron chi connectivity index (χ0n) is 15.0. The quantitative estimate of drug-likeness (QED) is 0.725. The summed E-state index contributed by atoms with van der Waals surface area (Å²) >= 11 is 1.47. The number of carbonyl (C=O) groups is 1. The van der Waals surface area contributed by atoms with Crippen LogP contribution in [0.3, 0.4) is 0 Å². The Morgan fingerprint density at radius 1 is 1.19 bits per heavy atom. The molecule has 2 heterocycles. The number of benzene rings is 1. The summed E-state index contributed by atoms with van der Waals surface area (Å²) in [4.78, 5) is 27.6. The van der Waals surface area contributed by atoms with Crippen molar-refractivity contribution in [3.8, 4) is 10.8 Å². The molecule has 2 aromatic heterocycles. The van der Waals surface area contributed by atoms with Crippen LogP contribution < -0.4 is 5.32 Å². The molecule has 26 heavy (non-hydrogen) atoms. The van der Waals surface area contributed by atoms with Crippen LogP contribution in [0, 0.1) is 6.92 Å². The lowest BCUT2D eigenvalue weighted by molar-refractivity contribution is -0.126. The number of amides is 1. The molecule has 0 fully saturated rings. The Morgan fingerprint density at radius 3 is 2.62 bits per heavy atom. The van der Waals surface area contributed by atoms with Crippen LogP contribution in [0.2, 0.25) is 0 Å². The van der Waals surface area contributed by atoms with Gasteiger partial charge in [0.15, 0.2) is 10.8 Å². The lowest BCUT2D eigenvalue weighted by Gasteiger charge is -2.25. The van der Waals surface area contributed by atoms with Crippen LogP contribution in [-0.4, -0.2) is 39.9 Å². The van der Waals surface area contributed by atoms with Gasteiger partial charge in [-0.15, -0.1) is 11.3 Å². The molecular formula is C19H21N5OS. The van der Waals surface area contributed by atoms with Crippen molar-refractivity contribution in [3.63, 3.8) is 0 Å². The van der Waals surface area contributed by atoms with E-state index in [0.29, 0.717) is 12.4 Å². The van der Waals surface area contributed by atoms with Crippen LogP contribution in [0.25, 0.3) is 10.8 Å². The minimum atomic E-state index is -0.341. The van der Waals surface area contributed by atoms with Crippen molar-refractivity contribution < 1.29 is 4.79 Å². The second-order valence-electron chi connectivity index (χ2n) is 6.16. The SMILES string of the molecule is Cc1ccccc1C(C(=O)NCc1csc(-c2ncccn2)n1)N(C)C. The molecule has 1 amide bonds. The lowest BCUT2D eigenvalue weighted by atomic mass is 10.00. The molecule has 1 N–H and O–H groups in total. The van der Waals surface area contributed by atoms with E-state index in [1.165, 1.54) is 11.3 Å². The molecule has 0 aliphatic carbocycles. The first-order chi connectivity index (χ1) is 12.6. The van der Waals surface area contributed by atoms with Crippen LogP contribution in [0.15, 0.2) is 48.1 Å². The van der Waals surface area contributed by atoms with Crippen molar-refractivity contribution in [2.45, 2.75) is 19.5 Å². The maximum atomic E-state index is 12.8. The topological polar surface area (TPSA) is 71.0 Å². The van der Waals surface area contributed by atoms with Crippen LogP contribution >= 0.6 is 11.3 Å². The van der Waals surface area contributed by atoms with E-state index in [2.05, 4.69) is 20.3 Å². The molecule has 6 nitrogen and oxygen atoms in total. The van der Waals surface area contributed by atoms with Gasteiger partial charge in [-0.3, -0.25) is 9.69 Å². The van der Waals surface area contributed by atoms with Crippen molar-refractivity contribution in [3.05, 3.63) is 64.9 Å². The van der Waals surface area contributed by atoms with Gasteiger partial charge in [0, 0.05) is 17.8 Å². The van der Waals surface area contributed by atoms with E-state index in [0.717, 1.165) is 21.8 Å². The first kappa shape index (κ1) is 18.2. The Morgan fingerprint density at radius 2 is 1.92 bits per heavy atom. The summed E-state index contributed by atoms with van der Waals surface area (Å²) in [6, 6.07) is 9.38. The van der Waals surface area contributed by atoms with E-state index in [9.17, 15) is 4.79 Å². The van der Waals surface area contributed by atoms with Crippen LogP contribution in [0.5, 0.6) is 0 Å². The Kier molecular flexibility index (Phi) is 5.70. The molecule has 7 heteroatoms. The van der Waals surface area contributed by atoms with Crippen molar-refractivity contribution >= 4 is 17.2 Å². The number of aromatic nitrogens is 3. The Balaban J connectivity index is 1.70. The number of nitrogens with zero attached hydrogens (tertiary/aromatic N) is 4. The van der Waals surface area contributed by atoms with Crippen molar-refractivity contribution in [1.29, 1.82) is 0 Å². The minimum Gasteiger partial charge on any atom is -0.349 e. The number of aryl methyl sites for hydroxylation is 1. The maximum Gasteiger partial charge on any atom is 0.242 e. The smallest absolute Gasteiger partial charge is 0.242 e. The summed E-state index contributed by atoms with van der Waals surface area (Å²) in [6.07, 6.45) is 3.38. The highest BCUT2D eigenvalue weighted by molar-refractivity contribution is 7.13. The third-order valence-electron chi connectivity index (χ3n) is 4.00. The molecule has 0 bridgehead atoms. The first-order valence-electron chi connectivity index (χ1n) is 8.27. The Hall–Kier alpha value is -2.64. The zero-order valence-corrected chi connectivity index (χ0v) is 15.8. The van der Waals surface area contributed by atoms with Crippen LogP contribution in [-0.2, 0) is 11.3 Å². The zero-order chi connectivity index (χ0) is 18.5. The molecule has 1 atom stereocenters. The van der Waals surface area contributed by atoms with Gasteiger partial charge in [-0.1, -0.05) is 24.3 Å². The number of nitrogens with one attached hydrogen (secondary N) is 1. The fraction of sp³-hybridized carbons (Fsp3) is 0.263. The molecule has 1 aromatic carbocycles. The predicted molar refractivity (Wildman–Crippen MR) is 103 cm³/mol. The molecule has 0 saturated carbocycles. The molecule has 1 unspecified atom stereocenters. The van der Waals surface area contributed by atoms with E-state index >= 15 is 0 Å². The summed E-state index contributed by atoms with van der Waals surface area (Å²) in [5, 5.41) is 5.66. The van der Waals surface area contributed by atoms with Gasteiger partial charge in [-0.25, -0.2) is 15.0 Å². The van der Waals surface area contributed by atoms with Gasteiger partial charge in [0.2, 0.25) is 5.91 Å². The average Bonchev–Trinajstić information content (AvgIpc) is 3.11. The number of likely N-dealkylation sites (N-methyl/N-ethyl adjacent to an activating group) is 1. The van der Waals surface area contributed by atoms with Crippen molar-refractivity contribution in [2.75, 3.05) is 14.1 Å². The van der Waals surface area contributed by atoms with Gasteiger partial charge >= 0.3 is 0 Å². The highest BCUT2D eigenvalue weighted by atomic mass is 32.1. The molecule has 3 rings (SSSR count). The van der Waals surface area contributed by atoms with E-state index in [1.54, 1.807) is 18.5 Å². The van der Waals surface area contributed by atoms with E-state index in [4.69, 9.17) is 0 Å². The Bertz CT molecular complexity index is 878. The Labute approximate surface area is 157 Å². The first-order valence-corrected chi connectivity index (χ1v) is 9.15. The van der Waals surface area contributed by atoms with Crippen molar-refractivity contribution in [1.82, 2.24) is 25.2 Å². The van der Waals surface area contributed by atoms with Gasteiger partial charge in [-0.2, -0.15) is 0 Å². The third kappa shape index (κ3) is 4.12. The molecule has 0 spiro atoms. The summed E-state index contributed by atoms with van der Waals surface area (Å²) in [5.74, 6) is 0.552. The second-order valence-corrected chi connectivity index (χ2v) is 7.02. The fourth-order valence-electron chi connectivity index (χ4n) is 2.72. The largest absolute Gasteiger partial charge is 0.349 e. The minimum absolute atomic E-state index is 0.0465. The third-order valence-corrected chi connectivity index (χ3v) is 4.89. The molecule has 0 aliphatic heterocycles. The summed E-state index contributed by atoms with van der Waals surface area (Å²) < 4.78 is 0. The second kappa shape index (κ2) is 8.16. The van der Waals surface area contributed by atoms with Crippen LogP contribution in [0.1, 0.15) is 22.9 Å². The van der Waals surface area contributed by atoms with Crippen LogP contribution in [0.4, 0.5) is 0 Å². The number of carbonyl (C=O) groups excluding carboxylic acids is 1. The molecular weight excluding hydrogens is 346 g/mol. The van der Waals surface area contributed by atoms with Gasteiger partial charge in [0.05, 0.1) is 12.2 Å². The average molecular weight is 367 g/mol. The van der Waals surface area contributed by atoms with Gasteiger partial charge < -0.3 is 5.32 Å². The normalized spacial score (nSPS) is 12.2. The summed E-state index contributed by atoms with van der Waals surface area (Å²) in [6.45, 7) is 2.39. The number of rotatable bonds is 6. The number of hydrogen-bond donors (Lipinski definition) is 1.